The quantitative estimate of drug-likeness (QED) is 0.0276. The summed E-state index contributed by atoms with van der Waals surface area (Å²) >= 11 is 0. The fourth-order valence-corrected chi connectivity index (χ4v) is 11.1. The molecule has 0 aliphatic carbocycles. The van der Waals surface area contributed by atoms with E-state index >= 15 is 0 Å². The van der Waals surface area contributed by atoms with Crippen molar-refractivity contribution in [1.29, 1.82) is 5.41 Å². The zero-order valence-electron chi connectivity index (χ0n) is 38.7. The number of hydrogen-bond donors (Lipinski definition) is 15. The van der Waals surface area contributed by atoms with E-state index in [2.05, 4.69) is 59.1 Å². The van der Waals surface area contributed by atoms with E-state index in [0.29, 0.717) is 5.56 Å². The van der Waals surface area contributed by atoms with Gasteiger partial charge in [0.05, 0.1) is 19.4 Å². The molecule has 8 atom stereocenters. The van der Waals surface area contributed by atoms with Crippen LogP contribution >= 0.6 is 43.2 Å². The van der Waals surface area contributed by atoms with Gasteiger partial charge in [0.1, 0.15) is 48.3 Å². The number of carbonyl (C=O) groups is 12. The van der Waals surface area contributed by atoms with Gasteiger partial charge in [-0.05, 0) is 18.4 Å². The van der Waals surface area contributed by atoms with Gasteiger partial charge in [-0.25, -0.2) is 4.79 Å². The molecule has 2 saturated heterocycles. The van der Waals surface area contributed by atoms with Crippen molar-refractivity contribution in [2.45, 2.75) is 93.3 Å². The van der Waals surface area contributed by atoms with Gasteiger partial charge >= 0.3 is 17.9 Å². The molecule has 2 heterocycles. The van der Waals surface area contributed by atoms with Gasteiger partial charge in [-0.15, -0.1) is 12.3 Å². The van der Waals surface area contributed by atoms with E-state index in [4.69, 9.17) is 17.6 Å². The van der Waals surface area contributed by atoms with Crippen LogP contribution in [0.15, 0.2) is 30.3 Å². The van der Waals surface area contributed by atoms with Crippen molar-refractivity contribution in [2.24, 2.45) is 5.73 Å². The number of aliphatic carboxylic acids is 3. The number of carbonyl (C=O) groups excluding carboxylic acids is 9. The van der Waals surface area contributed by atoms with Gasteiger partial charge < -0.3 is 74.2 Å². The van der Waals surface area contributed by atoms with Gasteiger partial charge in [-0.1, -0.05) is 73.5 Å². The summed E-state index contributed by atoms with van der Waals surface area (Å²) in [5.41, 5.74) is 5.86. The van der Waals surface area contributed by atoms with Gasteiger partial charge in [-0.2, -0.15) is 0 Å². The van der Waals surface area contributed by atoms with Gasteiger partial charge in [0.2, 0.25) is 53.2 Å². The summed E-state index contributed by atoms with van der Waals surface area (Å²) in [5.74, 6) is -13.7. The van der Waals surface area contributed by atoms with E-state index in [9.17, 15) is 72.9 Å². The summed E-state index contributed by atoms with van der Waals surface area (Å²) in [4.78, 5) is 160. The number of carboxylic acid groups (broad SMARTS) is 3. The van der Waals surface area contributed by atoms with Crippen LogP contribution in [-0.2, 0) is 64.0 Å². The van der Waals surface area contributed by atoms with Crippen molar-refractivity contribution < 1.29 is 72.9 Å². The fraction of sp³-hybridized carbons (Fsp3) is 0.500. The zero-order valence-corrected chi connectivity index (χ0v) is 42.0. The Morgan fingerprint density at radius 3 is 1.77 bits per heavy atom. The Hall–Kier alpha value is -6.91. The Labute approximate surface area is 433 Å². The number of carboxylic acids is 3. The lowest BCUT2D eigenvalue weighted by Crippen LogP contribution is -2.59. The molecule has 0 saturated carbocycles. The first-order valence-electron chi connectivity index (χ1n) is 22.1. The maximum Gasteiger partial charge on any atom is 0.327 e. The van der Waals surface area contributed by atoms with Crippen molar-refractivity contribution in [3.05, 3.63) is 35.9 Å². The van der Waals surface area contributed by atoms with E-state index in [0.717, 1.165) is 43.2 Å². The summed E-state index contributed by atoms with van der Waals surface area (Å²) in [6.45, 7) is -0.856. The third-order valence-electron chi connectivity index (χ3n) is 10.1. The van der Waals surface area contributed by atoms with Gasteiger partial charge in [0, 0.05) is 48.8 Å². The minimum atomic E-state index is -1.92. The molecule has 2 aliphatic rings. The molecule has 1 aromatic rings. The molecular weight excluding hydrogens is 1040 g/mol. The topological polar surface area (TPSA) is 436 Å². The second-order valence-electron chi connectivity index (χ2n) is 15.9. The minimum absolute atomic E-state index is 0.0303. The maximum atomic E-state index is 14.3. The normalized spacial score (nSPS) is 24.6. The molecule has 27 nitrogen and oxygen atoms in total. The standard InChI is InChI=1S/C42H56N12O15S4/c1-2-3-11-30(55)48-26-17-70-73-20-29(41(68)69)54-35(62)23(13-21-8-5-4-6-9-21)50-40(67)28-19-72-71-18-27(53-37(64)25(15-33(59)60)51-38(26)65)39(66)49-22(10-7-12-45-42(43)44)34(61)46-16-31(56)47-24(14-32(57)58)36(63)52-28/h1,4-6,8-9,22-29H,3,7,10-20H2,(H,46,61)(H,47,56)(H,48,55)(H,49,66)(H,50,67)(H,51,65)(H,52,63)(H,53,64)(H,54,62)(H,57,58)(H,59,60)(H,68,69)(H4,43,44,45)/t22-,23-,24-,25-,26-,27-,28-,29-/m0/s1. The van der Waals surface area contributed by atoms with Crippen molar-refractivity contribution in [2.75, 3.05) is 36.1 Å². The largest absolute Gasteiger partial charge is 0.481 e. The lowest BCUT2D eigenvalue weighted by Gasteiger charge is -2.27. The van der Waals surface area contributed by atoms with Gasteiger partial charge in [0.25, 0.3) is 0 Å². The van der Waals surface area contributed by atoms with E-state index in [1.807, 2.05) is 0 Å². The molecule has 9 amide bonds. The van der Waals surface area contributed by atoms with Crippen LogP contribution in [0.5, 0.6) is 0 Å². The van der Waals surface area contributed by atoms with Crippen LogP contribution in [-0.4, -0.2) is 177 Å². The number of amides is 9. The Kier molecular flexibility index (Phi) is 26.1. The summed E-state index contributed by atoms with van der Waals surface area (Å²) in [6, 6.07) is -5.04. The first-order valence-corrected chi connectivity index (χ1v) is 27.0. The number of guanidine groups is 1. The van der Waals surface area contributed by atoms with Crippen LogP contribution in [0, 0.1) is 17.8 Å². The number of rotatable bonds is 14. The number of terminal acetylenes is 1. The second kappa shape index (κ2) is 31.5. The maximum absolute atomic E-state index is 14.3. The van der Waals surface area contributed by atoms with Crippen molar-refractivity contribution in [3.8, 4) is 12.3 Å². The summed E-state index contributed by atoms with van der Waals surface area (Å²) in [6.07, 6.45) is 2.63. The van der Waals surface area contributed by atoms with E-state index in [1.54, 1.807) is 30.3 Å². The number of fused-ring (bicyclic) bond motifs is 5. The van der Waals surface area contributed by atoms with Crippen LogP contribution in [0.3, 0.4) is 0 Å². The van der Waals surface area contributed by atoms with Gasteiger partial charge in [0.15, 0.2) is 5.96 Å². The van der Waals surface area contributed by atoms with E-state index in [-0.39, 0.29) is 50.2 Å². The highest BCUT2D eigenvalue weighted by Crippen LogP contribution is 2.25. The molecule has 3 rings (SSSR count). The average molecular weight is 1100 g/mol. The Bertz CT molecular complexity index is 2260. The lowest BCUT2D eigenvalue weighted by atomic mass is 10.0. The average Bonchev–Trinajstić information content (AvgIpc) is 3.32. The Morgan fingerprint density at radius 2 is 1.21 bits per heavy atom. The molecule has 0 aromatic heterocycles. The molecule has 16 N–H and O–H groups in total. The van der Waals surface area contributed by atoms with Crippen molar-refractivity contribution in [3.63, 3.8) is 0 Å². The lowest BCUT2D eigenvalue weighted by molar-refractivity contribution is -0.142. The molecule has 73 heavy (non-hydrogen) atoms. The molecule has 1 aromatic carbocycles. The number of nitrogens with two attached hydrogens (primary N) is 1. The molecule has 2 fully saturated rings. The molecule has 31 heteroatoms. The third-order valence-corrected chi connectivity index (χ3v) is 15.0. The number of benzene rings is 1. The van der Waals surface area contributed by atoms with Crippen molar-refractivity contribution in [1.82, 2.24) is 53.2 Å². The first-order chi connectivity index (χ1) is 34.7. The zero-order chi connectivity index (χ0) is 54.0. The molecule has 0 unspecified atom stereocenters. The number of nitrogens with one attached hydrogen (secondary N) is 11. The van der Waals surface area contributed by atoms with Crippen LogP contribution in [0.1, 0.15) is 44.1 Å². The van der Waals surface area contributed by atoms with E-state index in [1.165, 1.54) is 0 Å². The molecular formula is C42H56N12O15S4. The third kappa shape index (κ3) is 22.6. The SMILES string of the molecule is C#CCCC(=O)N[C@H]1CSSC[C@@H](C(=O)O)NC(=O)[C@H](Cc2ccccc2)NC(=O)[C@@H]2CSSC[C@H](NC(=O)[C@H](CC(=O)O)NC1=O)C(=O)N[C@@H](CCCNC(=N)N)C(=O)NCC(=O)N[C@@H](CC(=O)O)C(=O)N2. The summed E-state index contributed by atoms with van der Waals surface area (Å²) < 4.78 is 0. The van der Waals surface area contributed by atoms with Crippen LogP contribution in [0.4, 0.5) is 0 Å². The van der Waals surface area contributed by atoms with Crippen LogP contribution in [0.2, 0.25) is 0 Å². The minimum Gasteiger partial charge on any atom is -0.481 e. The smallest absolute Gasteiger partial charge is 0.327 e. The monoisotopic (exact) mass is 1100 g/mol. The molecule has 2 bridgehead atoms. The molecule has 0 radical (unpaired) electrons. The Morgan fingerprint density at radius 1 is 0.671 bits per heavy atom. The summed E-state index contributed by atoms with van der Waals surface area (Å²) in [7, 11) is 3.29. The number of hydrogen-bond acceptors (Lipinski definition) is 17. The van der Waals surface area contributed by atoms with Gasteiger partial charge in [-0.3, -0.25) is 58.1 Å². The van der Waals surface area contributed by atoms with E-state index < -0.39 is 156 Å². The second-order valence-corrected chi connectivity index (χ2v) is 21.0. The highest BCUT2D eigenvalue weighted by atomic mass is 33.1. The molecule has 0 spiro atoms. The molecule has 398 valence electrons. The molecule has 2 aliphatic heterocycles. The summed E-state index contributed by atoms with van der Waals surface area (Å²) in [5, 5.41) is 61.0. The van der Waals surface area contributed by atoms with Crippen LogP contribution in [0.25, 0.3) is 0 Å². The predicted molar refractivity (Wildman–Crippen MR) is 268 cm³/mol. The Balaban J connectivity index is 2.20. The van der Waals surface area contributed by atoms with Crippen LogP contribution < -0.4 is 58.9 Å². The highest BCUT2D eigenvalue weighted by Gasteiger charge is 2.36. The predicted octanol–water partition coefficient (Wildman–Crippen LogP) is -4.28. The highest BCUT2D eigenvalue weighted by molar-refractivity contribution is 8.77. The fourth-order valence-electron chi connectivity index (χ4n) is 6.43. The van der Waals surface area contributed by atoms with Crippen molar-refractivity contribution >= 4 is 120 Å². The first kappa shape index (κ1) is 60.4.